The van der Waals surface area contributed by atoms with Crippen molar-refractivity contribution < 1.29 is 0 Å². The Morgan fingerprint density at radius 3 is 2.60 bits per heavy atom. The van der Waals surface area contributed by atoms with Crippen molar-refractivity contribution in [2.24, 2.45) is 5.92 Å². The van der Waals surface area contributed by atoms with Gasteiger partial charge in [-0.3, -0.25) is 4.79 Å². The maximum absolute atomic E-state index is 12.1. The second-order valence-electron chi connectivity index (χ2n) is 5.66. The van der Waals surface area contributed by atoms with E-state index in [1.165, 1.54) is 4.68 Å². The summed E-state index contributed by atoms with van der Waals surface area (Å²) in [6.07, 6.45) is 1.63. The highest BCUT2D eigenvalue weighted by Crippen LogP contribution is 2.17. The first-order valence-electron chi connectivity index (χ1n) is 6.93. The van der Waals surface area contributed by atoms with Gasteiger partial charge < -0.3 is 10.3 Å². The Morgan fingerprint density at radius 2 is 2.00 bits per heavy atom. The van der Waals surface area contributed by atoms with Gasteiger partial charge in [-0.15, -0.1) is 0 Å². The highest BCUT2D eigenvalue weighted by Gasteiger charge is 2.16. The Kier molecular flexibility index (Phi) is 5.01. The third-order valence-corrected chi connectivity index (χ3v) is 3.67. The van der Waals surface area contributed by atoms with Gasteiger partial charge in [0.25, 0.3) is 5.56 Å². The average Bonchev–Trinajstić information content (AvgIpc) is 2.40. The molecule has 6 nitrogen and oxygen atoms in total. The number of piperazine rings is 1. The Balaban J connectivity index is 2.09. The van der Waals surface area contributed by atoms with Crippen molar-refractivity contribution in [3.63, 3.8) is 0 Å². The van der Waals surface area contributed by atoms with Crippen LogP contribution in [0, 0.1) is 5.92 Å². The molecule has 1 aliphatic heterocycles. The van der Waals surface area contributed by atoms with Gasteiger partial charge in [-0.2, -0.15) is 5.10 Å². The minimum absolute atomic E-state index is 0.208. The quantitative estimate of drug-likeness (QED) is 0.903. The van der Waals surface area contributed by atoms with E-state index >= 15 is 0 Å². The Hall–Kier alpha value is -1.11. The molecule has 0 aliphatic carbocycles. The van der Waals surface area contributed by atoms with Gasteiger partial charge in [0.2, 0.25) is 0 Å². The molecule has 0 unspecified atom stereocenters. The molecule has 0 bridgehead atoms. The zero-order chi connectivity index (χ0) is 14.7. The lowest BCUT2D eigenvalue weighted by Crippen LogP contribution is -2.47. The summed E-state index contributed by atoms with van der Waals surface area (Å²) in [5.41, 5.74) is 3.54. The Bertz CT molecular complexity index is 508. The van der Waals surface area contributed by atoms with E-state index in [1.54, 1.807) is 6.20 Å². The predicted molar refractivity (Wildman–Crippen MR) is 81.0 cm³/mol. The summed E-state index contributed by atoms with van der Waals surface area (Å²) in [4.78, 5) is 14.4. The van der Waals surface area contributed by atoms with Crippen molar-refractivity contribution in [1.82, 2.24) is 19.7 Å². The summed E-state index contributed by atoms with van der Waals surface area (Å²) >= 11 is 6.16. The molecule has 20 heavy (non-hydrogen) atoms. The zero-order valence-corrected chi connectivity index (χ0v) is 13.0. The summed E-state index contributed by atoms with van der Waals surface area (Å²) in [5.74, 6) is 0.354. The number of anilines is 1. The largest absolute Gasteiger partial charge is 0.316 e. The number of halogens is 1. The summed E-state index contributed by atoms with van der Waals surface area (Å²) < 4.78 is 1.42. The van der Waals surface area contributed by atoms with Crippen molar-refractivity contribution in [2.45, 2.75) is 20.4 Å². The maximum atomic E-state index is 12.1. The summed E-state index contributed by atoms with van der Waals surface area (Å²) in [6, 6.07) is 0. The predicted octanol–water partition coefficient (Wildman–Crippen LogP) is 1.13. The van der Waals surface area contributed by atoms with Crippen LogP contribution in [0.3, 0.4) is 0 Å². The number of hydrazine groups is 1. The van der Waals surface area contributed by atoms with E-state index in [2.05, 4.69) is 27.5 Å². The summed E-state index contributed by atoms with van der Waals surface area (Å²) in [6.45, 7) is 8.42. The normalized spacial score (nSPS) is 17.6. The lowest BCUT2D eigenvalue weighted by atomic mass is 10.2. The van der Waals surface area contributed by atoms with Gasteiger partial charge in [-0.1, -0.05) is 25.4 Å². The van der Waals surface area contributed by atoms with Gasteiger partial charge >= 0.3 is 0 Å². The third kappa shape index (κ3) is 3.71. The molecule has 0 saturated carbocycles. The highest BCUT2D eigenvalue weighted by molar-refractivity contribution is 6.32. The molecule has 0 aromatic carbocycles. The second-order valence-corrected chi connectivity index (χ2v) is 6.03. The van der Waals surface area contributed by atoms with Crippen molar-refractivity contribution in [3.05, 3.63) is 21.6 Å². The van der Waals surface area contributed by atoms with Crippen LogP contribution in [0.1, 0.15) is 13.8 Å². The monoisotopic (exact) mass is 299 g/mol. The summed E-state index contributed by atoms with van der Waals surface area (Å²) in [5, 5.41) is 6.45. The number of nitrogens with zero attached hydrogens (tertiary/aromatic N) is 4. The molecule has 1 saturated heterocycles. The zero-order valence-electron chi connectivity index (χ0n) is 12.3. The third-order valence-electron chi connectivity index (χ3n) is 3.30. The molecule has 112 valence electrons. The van der Waals surface area contributed by atoms with Crippen molar-refractivity contribution in [3.8, 4) is 0 Å². The topological polar surface area (TPSA) is 53.4 Å². The molecule has 0 atom stereocenters. The highest BCUT2D eigenvalue weighted by atomic mass is 35.5. The average molecular weight is 300 g/mol. The number of hydrogen-bond donors (Lipinski definition) is 1. The number of hydrogen-bond acceptors (Lipinski definition) is 5. The first-order valence-corrected chi connectivity index (χ1v) is 7.31. The molecular formula is C13H22ClN5O. The molecule has 1 N–H and O–H groups in total. The van der Waals surface area contributed by atoms with Gasteiger partial charge in [-0.05, 0) is 13.0 Å². The standard InChI is InChI=1S/C13H22ClN5O/c1-10(2)9-19-13(20)12(14)11(8-15-19)16-18-6-4-17(3)5-7-18/h8,10,16H,4-7,9H2,1-3H3. The van der Waals surface area contributed by atoms with E-state index in [-0.39, 0.29) is 10.6 Å². The van der Waals surface area contributed by atoms with Gasteiger partial charge in [0.05, 0.1) is 11.9 Å². The van der Waals surface area contributed by atoms with Gasteiger partial charge in [0.15, 0.2) is 0 Å². The molecule has 0 amide bonds. The van der Waals surface area contributed by atoms with Gasteiger partial charge in [0.1, 0.15) is 5.02 Å². The minimum atomic E-state index is -0.237. The minimum Gasteiger partial charge on any atom is -0.316 e. The first-order chi connectivity index (χ1) is 9.47. The first kappa shape index (κ1) is 15.3. The van der Waals surface area contributed by atoms with Crippen LogP contribution in [0.15, 0.2) is 11.0 Å². The van der Waals surface area contributed by atoms with E-state index in [1.807, 2.05) is 13.8 Å². The van der Waals surface area contributed by atoms with Gasteiger partial charge in [-0.25, -0.2) is 9.69 Å². The fraction of sp³-hybridized carbons (Fsp3) is 0.692. The molecule has 0 spiro atoms. The Labute approximate surface area is 124 Å². The van der Waals surface area contributed by atoms with Crippen LogP contribution < -0.4 is 11.0 Å². The lowest BCUT2D eigenvalue weighted by molar-refractivity contribution is 0.179. The number of likely N-dealkylation sites (N-methyl/N-ethyl adjacent to an activating group) is 1. The van der Waals surface area contributed by atoms with Crippen molar-refractivity contribution in [2.75, 3.05) is 38.7 Å². The van der Waals surface area contributed by atoms with Crippen LogP contribution in [0.4, 0.5) is 5.69 Å². The maximum Gasteiger partial charge on any atom is 0.287 e. The van der Waals surface area contributed by atoms with Crippen LogP contribution in [0.25, 0.3) is 0 Å². The SMILES string of the molecule is CC(C)Cn1ncc(NN2CCN(C)CC2)c(Cl)c1=O. The van der Waals surface area contributed by atoms with Crippen LogP contribution >= 0.6 is 11.6 Å². The van der Waals surface area contributed by atoms with Crippen molar-refractivity contribution in [1.29, 1.82) is 0 Å². The van der Waals surface area contributed by atoms with Crippen LogP contribution in [-0.4, -0.2) is 52.9 Å². The number of aromatic nitrogens is 2. The van der Waals surface area contributed by atoms with E-state index < -0.39 is 0 Å². The van der Waals surface area contributed by atoms with Crippen LogP contribution in [0.5, 0.6) is 0 Å². The molecule has 2 heterocycles. The van der Waals surface area contributed by atoms with Gasteiger partial charge in [0, 0.05) is 32.7 Å². The molecule has 1 aromatic heterocycles. The van der Waals surface area contributed by atoms with Crippen LogP contribution in [0.2, 0.25) is 5.02 Å². The molecular weight excluding hydrogens is 278 g/mol. The van der Waals surface area contributed by atoms with E-state index in [9.17, 15) is 4.79 Å². The fourth-order valence-corrected chi connectivity index (χ4v) is 2.30. The molecule has 1 aliphatic rings. The number of rotatable bonds is 4. The fourth-order valence-electron chi connectivity index (χ4n) is 2.11. The lowest BCUT2D eigenvalue weighted by Gasteiger charge is -2.33. The number of nitrogens with one attached hydrogen (secondary N) is 1. The second kappa shape index (κ2) is 6.56. The van der Waals surface area contributed by atoms with E-state index in [4.69, 9.17) is 11.6 Å². The molecule has 7 heteroatoms. The molecule has 2 rings (SSSR count). The molecule has 1 fully saturated rings. The Morgan fingerprint density at radius 1 is 1.35 bits per heavy atom. The molecule has 1 aromatic rings. The van der Waals surface area contributed by atoms with Crippen LogP contribution in [-0.2, 0) is 6.54 Å². The smallest absolute Gasteiger partial charge is 0.287 e. The molecule has 0 radical (unpaired) electrons. The summed E-state index contributed by atoms with van der Waals surface area (Å²) in [7, 11) is 2.10. The van der Waals surface area contributed by atoms with Crippen molar-refractivity contribution >= 4 is 17.3 Å². The van der Waals surface area contributed by atoms with E-state index in [0.717, 1.165) is 26.2 Å². The van der Waals surface area contributed by atoms with E-state index in [0.29, 0.717) is 18.2 Å².